The molecule has 3 rings (SSSR count). The fourth-order valence-corrected chi connectivity index (χ4v) is 4.54. The largest absolute Gasteiger partial charge is 0.493 e. The van der Waals surface area contributed by atoms with Crippen LogP contribution >= 0.6 is 0 Å². The normalized spacial score (nSPS) is 12.0. The predicted octanol–water partition coefficient (Wildman–Crippen LogP) is 6.76. The van der Waals surface area contributed by atoms with Crippen molar-refractivity contribution >= 4 is 35.7 Å². The zero-order chi connectivity index (χ0) is 37.6. The molecular weight excluding hydrogens is 656 g/mol. The number of rotatable bonds is 15. The molecule has 2 amide bonds. The maximum absolute atomic E-state index is 12.9. The van der Waals surface area contributed by atoms with Gasteiger partial charge in [0.2, 0.25) is 5.91 Å². The molecule has 0 unspecified atom stereocenters. The van der Waals surface area contributed by atoms with Gasteiger partial charge in [-0.05, 0) is 95.1 Å². The number of benzene rings is 3. The minimum absolute atomic E-state index is 0.0896. The number of carbonyl (C=O) groups is 4. The maximum atomic E-state index is 12.9. The first-order valence-corrected chi connectivity index (χ1v) is 16.5. The monoisotopic (exact) mass is 704 g/mol. The second-order valence-electron chi connectivity index (χ2n) is 13.4. The van der Waals surface area contributed by atoms with Gasteiger partial charge in [-0.15, -0.1) is 0 Å². The van der Waals surface area contributed by atoms with Gasteiger partial charge >= 0.3 is 18.0 Å². The third-order valence-electron chi connectivity index (χ3n) is 6.78. The summed E-state index contributed by atoms with van der Waals surface area (Å²) in [6, 6.07) is 18.0. The van der Waals surface area contributed by atoms with Gasteiger partial charge in [-0.3, -0.25) is 4.79 Å². The molecule has 0 aliphatic carbocycles. The number of hydrogen-bond acceptors (Lipinski definition) is 10. The zero-order valence-electron chi connectivity index (χ0n) is 30.5. The van der Waals surface area contributed by atoms with Crippen LogP contribution in [0.3, 0.4) is 0 Å². The van der Waals surface area contributed by atoms with E-state index in [9.17, 15) is 19.2 Å². The Bertz CT molecular complexity index is 1670. The molecular formula is C39H48N2O10. The Kier molecular flexibility index (Phi) is 14.5. The number of methoxy groups -OCH3 is 2. The summed E-state index contributed by atoms with van der Waals surface area (Å²) >= 11 is 0. The third kappa shape index (κ3) is 14.1. The van der Waals surface area contributed by atoms with Crippen LogP contribution in [0.2, 0.25) is 0 Å². The lowest BCUT2D eigenvalue weighted by molar-refractivity contribution is -0.157. The lowest BCUT2D eigenvalue weighted by Gasteiger charge is -2.26. The molecule has 0 saturated heterocycles. The molecule has 0 saturated carbocycles. The van der Waals surface area contributed by atoms with Gasteiger partial charge in [-0.25, -0.2) is 14.4 Å². The van der Waals surface area contributed by atoms with Crippen LogP contribution < -0.4 is 24.8 Å². The minimum atomic E-state index is -0.959. The van der Waals surface area contributed by atoms with Crippen LogP contribution in [-0.2, 0) is 30.2 Å². The van der Waals surface area contributed by atoms with Crippen LogP contribution in [0.25, 0.3) is 6.08 Å². The Hall–Kier alpha value is -5.52. The van der Waals surface area contributed by atoms with Crippen molar-refractivity contribution in [3.63, 3.8) is 0 Å². The van der Waals surface area contributed by atoms with Gasteiger partial charge in [0.05, 0.1) is 38.7 Å². The van der Waals surface area contributed by atoms with E-state index in [1.165, 1.54) is 13.2 Å². The standard InChI is InChI=1S/C39H48N2O10/c1-38(2,3)50-36(44)31(41-37(45)51-39(4,5)6)24-26-14-18-28(19-15-26)48-22-11-23-49-35(43)29-12-9-10-13-30(29)40-34(42)21-17-27-16-20-32(46-7)33(25-27)47-8/h9-10,12-21,25,31H,11,22-24H2,1-8H3,(H,40,42)(H,41,45)/t31-/m0/s1. The van der Waals surface area contributed by atoms with Crippen molar-refractivity contribution in [3.8, 4) is 17.2 Å². The van der Waals surface area contributed by atoms with Gasteiger partial charge in [0.15, 0.2) is 11.5 Å². The second-order valence-corrected chi connectivity index (χ2v) is 13.4. The molecule has 0 heterocycles. The lowest BCUT2D eigenvalue weighted by Crippen LogP contribution is -2.47. The molecule has 0 bridgehead atoms. The first kappa shape index (κ1) is 39.9. The average Bonchev–Trinajstić information content (AvgIpc) is 3.06. The number of esters is 2. The predicted molar refractivity (Wildman–Crippen MR) is 193 cm³/mol. The van der Waals surface area contributed by atoms with Gasteiger partial charge in [0.1, 0.15) is 23.0 Å². The van der Waals surface area contributed by atoms with Crippen LogP contribution in [0.5, 0.6) is 17.2 Å². The molecule has 2 N–H and O–H groups in total. The minimum Gasteiger partial charge on any atom is -0.493 e. The number of carbonyl (C=O) groups excluding carboxylic acids is 4. The van der Waals surface area contributed by atoms with Gasteiger partial charge < -0.3 is 39.1 Å². The summed E-state index contributed by atoms with van der Waals surface area (Å²) < 4.78 is 32.6. The summed E-state index contributed by atoms with van der Waals surface area (Å²) in [5.74, 6) is 0.103. The van der Waals surface area contributed by atoms with E-state index in [1.54, 1.807) is 121 Å². The van der Waals surface area contributed by atoms with Gasteiger partial charge in [-0.2, -0.15) is 0 Å². The Morgan fingerprint density at radius 3 is 2.10 bits per heavy atom. The number of alkyl carbamates (subject to hydrolysis) is 1. The molecule has 0 spiro atoms. The molecule has 1 atom stereocenters. The Morgan fingerprint density at radius 2 is 1.45 bits per heavy atom. The summed E-state index contributed by atoms with van der Waals surface area (Å²) in [4.78, 5) is 50.8. The highest BCUT2D eigenvalue weighted by Crippen LogP contribution is 2.28. The van der Waals surface area contributed by atoms with Gasteiger partial charge in [-0.1, -0.05) is 30.3 Å². The summed E-state index contributed by atoms with van der Waals surface area (Å²) in [6.45, 7) is 10.8. The Morgan fingerprint density at radius 1 is 0.784 bits per heavy atom. The van der Waals surface area contributed by atoms with Crippen LogP contribution in [-0.4, -0.2) is 68.6 Å². The van der Waals surface area contributed by atoms with E-state index in [-0.39, 0.29) is 25.2 Å². The van der Waals surface area contributed by atoms with Crippen molar-refractivity contribution < 1.29 is 47.6 Å². The lowest BCUT2D eigenvalue weighted by atomic mass is 10.1. The van der Waals surface area contributed by atoms with Crippen LogP contribution in [0.4, 0.5) is 10.5 Å². The van der Waals surface area contributed by atoms with Crippen molar-refractivity contribution in [2.24, 2.45) is 0 Å². The number of hydrogen-bond donors (Lipinski definition) is 2. The topological polar surface area (TPSA) is 148 Å². The summed E-state index contributed by atoms with van der Waals surface area (Å²) in [5, 5.41) is 5.35. The van der Waals surface area contributed by atoms with E-state index in [2.05, 4.69) is 10.6 Å². The summed E-state index contributed by atoms with van der Waals surface area (Å²) in [7, 11) is 3.08. The molecule has 0 radical (unpaired) electrons. The van der Waals surface area contributed by atoms with E-state index in [0.717, 1.165) is 11.1 Å². The van der Waals surface area contributed by atoms with E-state index in [0.29, 0.717) is 29.4 Å². The fourth-order valence-electron chi connectivity index (χ4n) is 4.54. The smallest absolute Gasteiger partial charge is 0.408 e. The maximum Gasteiger partial charge on any atom is 0.408 e. The van der Waals surface area contributed by atoms with Crippen LogP contribution in [0.1, 0.15) is 69.4 Å². The van der Waals surface area contributed by atoms with Crippen molar-refractivity contribution in [2.75, 3.05) is 32.8 Å². The molecule has 12 nitrogen and oxygen atoms in total. The Labute approximate surface area is 299 Å². The first-order valence-electron chi connectivity index (χ1n) is 16.5. The molecule has 51 heavy (non-hydrogen) atoms. The molecule has 0 fully saturated rings. The average molecular weight is 705 g/mol. The second kappa shape index (κ2) is 18.5. The van der Waals surface area contributed by atoms with Crippen molar-refractivity contribution in [3.05, 3.63) is 89.5 Å². The molecule has 274 valence electrons. The van der Waals surface area contributed by atoms with E-state index >= 15 is 0 Å². The summed E-state index contributed by atoms with van der Waals surface area (Å²) in [6.07, 6.45) is 2.85. The highest BCUT2D eigenvalue weighted by Gasteiger charge is 2.29. The zero-order valence-corrected chi connectivity index (χ0v) is 30.5. The van der Waals surface area contributed by atoms with Gasteiger partial charge in [0.25, 0.3) is 0 Å². The number of amides is 2. The molecule has 3 aromatic rings. The fraction of sp³-hybridized carbons (Fsp3) is 0.385. The van der Waals surface area contributed by atoms with E-state index < -0.39 is 41.2 Å². The summed E-state index contributed by atoms with van der Waals surface area (Å²) in [5.41, 5.74) is 0.569. The molecule has 12 heteroatoms. The third-order valence-corrected chi connectivity index (χ3v) is 6.78. The van der Waals surface area contributed by atoms with Crippen molar-refractivity contribution in [1.29, 1.82) is 0 Å². The quantitative estimate of drug-likeness (QED) is 0.0753. The first-order chi connectivity index (χ1) is 24.1. The van der Waals surface area contributed by atoms with E-state index in [1.807, 2.05) is 0 Å². The molecule has 3 aromatic carbocycles. The van der Waals surface area contributed by atoms with Crippen LogP contribution in [0.15, 0.2) is 72.8 Å². The van der Waals surface area contributed by atoms with E-state index in [4.69, 9.17) is 28.4 Å². The highest BCUT2D eigenvalue weighted by atomic mass is 16.6. The van der Waals surface area contributed by atoms with Gasteiger partial charge in [0, 0.05) is 18.9 Å². The number of anilines is 1. The molecule has 0 aliphatic heterocycles. The Balaban J connectivity index is 1.49. The number of nitrogens with one attached hydrogen (secondary N) is 2. The SMILES string of the molecule is COc1ccc(C=CC(=O)Nc2ccccc2C(=O)OCCCOc2ccc(C[C@H](NC(=O)OC(C)(C)C)C(=O)OC(C)(C)C)cc2)cc1OC. The number of ether oxygens (including phenoxy) is 6. The van der Waals surface area contributed by atoms with Crippen molar-refractivity contribution in [1.82, 2.24) is 5.32 Å². The van der Waals surface area contributed by atoms with Crippen LogP contribution in [0, 0.1) is 0 Å². The molecule has 0 aliphatic rings. The number of para-hydroxylation sites is 1. The molecule has 0 aromatic heterocycles. The van der Waals surface area contributed by atoms with Crippen molar-refractivity contribution in [2.45, 2.75) is 71.6 Å². The highest BCUT2D eigenvalue weighted by molar-refractivity contribution is 6.06.